The third-order valence-corrected chi connectivity index (χ3v) is 2.04. The molecule has 0 aliphatic carbocycles. The maximum absolute atomic E-state index is 13.4. The van der Waals surface area contributed by atoms with E-state index in [1.54, 1.807) is 24.4 Å². The molecule has 2 rings (SSSR count). The minimum Gasteiger partial charge on any atom is -0.330 e. The fourth-order valence-corrected chi connectivity index (χ4v) is 1.32. The van der Waals surface area contributed by atoms with Crippen LogP contribution < -0.4 is 5.73 Å². The van der Waals surface area contributed by atoms with Crippen LogP contribution in [0, 0.1) is 5.82 Å². The second-order valence-electron chi connectivity index (χ2n) is 3.14. The first-order valence-electron chi connectivity index (χ1n) is 4.67. The zero-order chi connectivity index (χ0) is 10.7. The van der Waals surface area contributed by atoms with E-state index in [-0.39, 0.29) is 5.82 Å². The molecule has 0 aliphatic heterocycles. The second-order valence-corrected chi connectivity index (χ2v) is 3.14. The molecule has 1 aromatic carbocycles. The lowest BCUT2D eigenvalue weighted by atomic mass is 10.3. The molecule has 0 amide bonds. The summed E-state index contributed by atoms with van der Waals surface area (Å²) >= 11 is 0. The van der Waals surface area contributed by atoms with Gasteiger partial charge >= 0.3 is 0 Å². The predicted octanol–water partition coefficient (Wildman–Crippen LogP) is 0.908. The van der Waals surface area contributed by atoms with Gasteiger partial charge in [0, 0.05) is 6.42 Å². The summed E-state index contributed by atoms with van der Waals surface area (Å²) in [5.41, 5.74) is 6.55. The largest absolute Gasteiger partial charge is 0.330 e. The van der Waals surface area contributed by atoms with E-state index in [4.69, 9.17) is 5.73 Å². The number of nitrogens with zero attached hydrogens (tertiary/aromatic N) is 3. The van der Waals surface area contributed by atoms with Gasteiger partial charge in [0.05, 0.1) is 11.9 Å². The van der Waals surface area contributed by atoms with Crippen LogP contribution in [0.1, 0.15) is 5.69 Å². The van der Waals surface area contributed by atoms with Gasteiger partial charge in [-0.15, -0.1) is 5.10 Å². The van der Waals surface area contributed by atoms with Gasteiger partial charge in [-0.25, -0.2) is 9.07 Å². The van der Waals surface area contributed by atoms with Crippen molar-refractivity contribution < 1.29 is 4.39 Å². The minimum absolute atomic E-state index is 0.318. The first-order chi connectivity index (χ1) is 7.31. The average molecular weight is 206 g/mol. The van der Waals surface area contributed by atoms with Crippen LogP contribution in [0.3, 0.4) is 0 Å². The molecule has 0 unspecified atom stereocenters. The summed E-state index contributed by atoms with van der Waals surface area (Å²) in [4.78, 5) is 0. The lowest BCUT2D eigenvalue weighted by molar-refractivity contribution is 0.607. The predicted molar refractivity (Wildman–Crippen MR) is 54.1 cm³/mol. The van der Waals surface area contributed by atoms with Gasteiger partial charge in [-0.1, -0.05) is 17.3 Å². The Morgan fingerprint density at radius 1 is 1.33 bits per heavy atom. The van der Waals surface area contributed by atoms with Crippen molar-refractivity contribution in [1.82, 2.24) is 15.0 Å². The number of rotatable bonds is 3. The van der Waals surface area contributed by atoms with Crippen molar-refractivity contribution in [3.8, 4) is 5.69 Å². The van der Waals surface area contributed by atoms with Crippen molar-refractivity contribution in [3.63, 3.8) is 0 Å². The molecule has 0 radical (unpaired) electrons. The summed E-state index contributed by atoms with van der Waals surface area (Å²) in [5.74, 6) is -0.318. The highest BCUT2D eigenvalue weighted by atomic mass is 19.1. The van der Waals surface area contributed by atoms with Crippen molar-refractivity contribution >= 4 is 0 Å². The molecule has 0 aliphatic rings. The van der Waals surface area contributed by atoms with E-state index in [0.717, 1.165) is 5.69 Å². The van der Waals surface area contributed by atoms with Crippen LogP contribution in [0.4, 0.5) is 4.39 Å². The second kappa shape index (κ2) is 4.18. The van der Waals surface area contributed by atoms with Crippen LogP contribution in [0.5, 0.6) is 0 Å². The smallest absolute Gasteiger partial charge is 0.148 e. The van der Waals surface area contributed by atoms with Crippen molar-refractivity contribution in [1.29, 1.82) is 0 Å². The Morgan fingerprint density at radius 2 is 2.13 bits per heavy atom. The quantitative estimate of drug-likeness (QED) is 0.812. The van der Waals surface area contributed by atoms with Gasteiger partial charge in [-0.05, 0) is 18.7 Å². The molecule has 2 N–H and O–H groups in total. The molecule has 0 saturated heterocycles. The summed E-state index contributed by atoms with van der Waals surface area (Å²) in [6.45, 7) is 0.510. The van der Waals surface area contributed by atoms with Crippen LogP contribution in [-0.2, 0) is 6.42 Å². The van der Waals surface area contributed by atoms with E-state index >= 15 is 0 Å². The van der Waals surface area contributed by atoms with Gasteiger partial charge in [-0.3, -0.25) is 0 Å². The average Bonchev–Trinajstić information content (AvgIpc) is 2.68. The number of hydrogen-bond acceptors (Lipinski definition) is 3. The number of aromatic nitrogens is 3. The summed E-state index contributed by atoms with van der Waals surface area (Å²) in [7, 11) is 0. The van der Waals surface area contributed by atoms with E-state index in [1.165, 1.54) is 10.7 Å². The van der Waals surface area contributed by atoms with Gasteiger partial charge in [0.15, 0.2) is 0 Å². The van der Waals surface area contributed by atoms with Crippen molar-refractivity contribution in [2.75, 3.05) is 6.54 Å². The van der Waals surface area contributed by atoms with E-state index in [1.807, 2.05) is 0 Å². The molecule has 5 heteroatoms. The molecule has 0 atom stereocenters. The molecule has 15 heavy (non-hydrogen) atoms. The summed E-state index contributed by atoms with van der Waals surface area (Å²) < 4.78 is 14.8. The molecule has 2 aromatic rings. The topological polar surface area (TPSA) is 56.7 Å². The Bertz CT molecular complexity index is 452. The van der Waals surface area contributed by atoms with E-state index in [2.05, 4.69) is 10.3 Å². The standard InChI is InChI=1S/C10H11FN4/c11-9-3-1-2-4-10(9)15-7-8(5-6-12)13-14-15/h1-4,7H,5-6,12H2. The van der Waals surface area contributed by atoms with Crippen molar-refractivity contribution in [2.24, 2.45) is 5.73 Å². The normalized spacial score (nSPS) is 10.5. The molecular formula is C10H11FN4. The van der Waals surface area contributed by atoms with Crippen LogP contribution in [0.2, 0.25) is 0 Å². The molecule has 0 bridgehead atoms. The SMILES string of the molecule is NCCc1cn(-c2ccccc2F)nn1. The molecule has 4 nitrogen and oxygen atoms in total. The number of nitrogens with two attached hydrogens (primary N) is 1. The van der Waals surface area contributed by atoms with Gasteiger partial charge in [0.2, 0.25) is 0 Å². The Hall–Kier alpha value is -1.75. The van der Waals surface area contributed by atoms with Gasteiger partial charge in [0.25, 0.3) is 0 Å². The number of halogens is 1. The lowest BCUT2D eigenvalue weighted by Crippen LogP contribution is -2.02. The highest BCUT2D eigenvalue weighted by molar-refractivity contribution is 5.32. The molecular weight excluding hydrogens is 195 g/mol. The maximum atomic E-state index is 13.4. The number of para-hydroxylation sites is 1. The molecule has 78 valence electrons. The summed E-state index contributed by atoms with van der Waals surface area (Å²) in [6.07, 6.45) is 2.33. The van der Waals surface area contributed by atoms with Crippen LogP contribution in [0.25, 0.3) is 5.69 Å². The van der Waals surface area contributed by atoms with E-state index in [9.17, 15) is 4.39 Å². The molecule has 0 spiro atoms. The highest BCUT2D eigenvalue weighted by Crippen LogP contribution is 2.11. The van der Waals surface area contributed by atoms with Gasteiger partial charge < -0.3 is 5.73 Å². The number of benzene rings is 1. The molecule has 1 heterocycles. The third-order valence-electron chi connectivity index (χ3n) is 2.04. The lowest BCUT2D eigenvalue weighted by Gasteiger charge is -1.99. The Labute approximate surface area is 86.5 Å². The van der Waals surface area contributed by atoms with Crippen molar-refractivity contribution in [3.05, 3.63) is 42.0 Å². The zero-order valence-electron chi connectivity index (χ0n) is 8.10. The first-order valence-corrected chi connectivity index (χ1v) is 4.67. The summed E-state index contributed by atoms with van der Waals surface area (Å²) in [6, 6.07) is 6.43. The van der Waals surface area contributed by atoms with Gasteiger partial charge in [0.1, 0.15) is 11.5 Å². The Morgan fingerprint density at radius 3 is 2.87 bits per heavy atom. The molecule has 1 aromatic heterocycles. The molecule has 0 saturated carbocycles. The fraction of sp³-hybridized carbons (Fsp3) is 0.200. The van der Waals surface area contributed by atoms with Gasteiger partial charge in [-0.2, -0.15) is 0 Å². The van der Waals surface area contributed by atoms with Crippen LogP contribution in [0.15, 0.2) is 30.5 Å². The summed E-state index contributed by atoms with van der Waals surface area (Å²) in [5, 5.41) is 7.73. The Kier molecular flexibility index (Phi) is 2.73. The highest BCUT2D eigenvalue weighted by Gasteiger charge is 2.05. The number of hydrogen-bond donors (Lipinski definition) is 1. The third kappa shape index (κ3) is 2.02. The van der Waals surface area contributed by atoms with Crippen LogP contribution in [-0.4, -0.2) is 21.5 Å². The van der Waals surface area contributed by atoms with E-state index in [0.29, 0.717) is 18.7 Å². The fourth-order valence-electron chi connectivity index (χ4n) is 1.32. The minimum atomic E-state index is -0.318. The zero-order valence-corrected chi connectivity index (χ0v) is 8.10. The van der Waals surface area contributed by atoms with E-state index < -0.39 is 0 Å². The van der Waals surface area contributed by atoms with Crippen molar-refractivity contribution in [2.45, 2.75) is 6.42 Å². The first kappa shape index (κ1) is 9.79. The maximum Gasteiger partial charge on any atom is 0.148 e. The molecule has 0 fully saturated rings. The Balaban J connectivity index is 2.33. The van der Waals surface area contributed by atoms with Crippen LogP contribution >= 0.6 is 0 Å². The monoisotopic (exact) mass is 206 g/mol.